The van der Waals surface area contributed by atoms with Gasteiger partial charge in [-0.15, -0.1) is 0 Å². The second-order valence-electron chi connectivity index (χ2n) is 6.81. The van der Waals surface area contributed by atoms with Gasteiger partial charge in [-0.05, 0) is 36.2 Å². The van der Waals surface area contributed by atoms with Crippen molar-refractivity contribution in [3.8, 4) is 0 Å². The predicted octanol–water partition coefficient (Wildman–Crippen LogP) is 3.43. The Bertz CT molecular complexity index is 465. The lowest BCUT2D eigenvalue weighted by Crippen LogP contribution is -2.55. The summed E-state index contributed by atoms with van der Waals surface area (Å²) in [5, 5.41) is 0.0821. The summed E-state index contributed by atoms with van der Waals surface area (Å²) in [6, 6.07) is 9.77. The first-order valence-corrected chi connectivity index (χ1v) is 8.52. The fourth-order valence-corrected chi connectivity index (χ4v) is 3.89. The Morgan fingerprint density at radius 1 is 1.05 bits per heavy atom. The third kappa shape index (κ3) is 3.18. The van der Waals surface area contributed by atoms with Crippen molar-refractivity contribution in [1.29, 1.82) is 0 Å². The molecule has 0 N–H and O–H groups in total. The van der Waals surface area contributed by atoms with Crippen LogP contribution in [-0.2, 0) is 9.22 Å². The molecule has 0 aliphatic carbocycles. The lowest BCUT2D eigenvalue weighted by Gasteiger charge is -2.50. The van der Waals surface area contributed by atoms with Crippen molar-refractivity contribution in [3.63, 3.8) is 0 Å². The van der Waals surface area contributed by atoms with Crippen LogP contribution in [0.2, 0.25) is 0 Å². The smallest absolute Gasteiger partial charge is 0.224 e. The van der Waals surface area contributed by atoms with Crippen LogP contribution in [0.5, 0.6) is 0 Å². The SMILES string of the molecule is CC(C)(C)C(C)(C)C(C)(O[SiH3])C(=O)Sc1ccccc1. The Morgan fingerprint density at radius 3 is 1.95 bits per heavy atom. The second kappa shape index (κ2) is 6.04. The van der Waals surface area contributed by atoms with Gasteiger partial charge in [-0.1, -0.05) is 52.8 Å². The molecular weight excluding hydrogens is 284 g/mol. The molecule has 1 atom stereocenters. The normalized spacial score (nSPS) is 15.9. The van der Waals surface area contributed by atoms with E-state index in [-0.39, 0.29) is 15.9 Å². The van der Waals surface area contributed by atoms with E-state index in [0.29, 0.717) is 10.5 Å². The van der Waals surface area contributed by atoms with Gasteiger partial charge in [0, 0.05) is 10.3 Å². The van der Waals surface area contributed by atoms with Crippen LogP contribution < -0.4 is 0 Å². The van der Waals surface area contributed by atoms with Crippen molar-refractivity contribution in [2.45, 2.75) is 52.0 Å². The van der Waals surface area contributed by atoms with E-state index in [4.69, 9.17) is 4.43 Å². The monoisotopic (exact) mass is 310 g/mol. The number of carbonyl (C=O) groups excluding carboxylic acids is 1. The first kappa shape index (κ1) is 17.5. The van der Waals surface area contributed by atoms with Gasteiger partial charge >= 0.3 is 0 Å². The lowest BCUT2D eigenvalue weighted by atomic mass is 9.60. The molecule has 0 fully saturated rings. The van der Waals surface area contributed by atoms with Crippen molar-refractivity contribution in [2.75, 3.05) is 0 Å². The molecular formula is C16H26O2SSi. The topological polar surface area (TPSA) is 26.3 Å². The van der Waals surface area contributed by atoms with Gasteiger partial charge in [-0.25, -0.2) is 0 Å². The lowest BCUT2D eigenvalue weighted by molar-refractivity contribution is -0.142. The summed E-state index contributed by atoms with van der Waals surface area (Å²) in [4.78, 5) is 13.8. The largest absolute Gasteiger partial charge is 0.415 e. The van der Waals surface area contributed by atoms with Crippen molar-refractivity contribution in [2.24, 2.45) is 10.8 Å². The van der Waals surface area contributed by atoms with E-state index in [1.54, 1.807) is 0 Å². The van der Waals surface area contributed by atoms with Gasteiger partial charge in [0.05, 0.1) is 0 Å². The Labute approximate surface area is 130 Å². The van der Waals surface area contributed by atoms with Gasteiger partial charge < -0.3 is 4.43 Å². The number of benzene rings is 1. The Balaban J connectivity index is 3.08. The minimum atomic E-state index is -0.780. The molecule has 0 amide bonds. The molecule has 0 saturated carbocycles. The van der Waals surface area contributed by atoms with E-state index < -0.39 is 5.60 Å². The second-order valence-corrected chi connectivity index (χ2v) is 8.27. The van der Waals surface area contributed by atoms with Crippen LogP contribution in [0.25, 0.3) is 0 Å². The van der Waals surface area contributed by atoms with E-state index in [1.165, 1.54) is 11.8 Å². The summed E-state index contributed by atoms with van der Waals surface area (Å²) >= 11 is 1.28. The molecule has 0 aliphatic heterocycles. The highest BCUT2D eigenvalue weighted by molar-refractivity contribution is 8.13. The fraction of sp³-hybridized carbons (Fsp3) is 0.562. The van der Waals surface area contributed by atoms with Crippen LogP contribution in [0.15, 0.2) is 35.2 Å². The fourth-order valence-electron chi connectivity index (χ4n) is 2.00. The zero-order valence-corrected chi connectivity index (χ0v) is 16.4. The Morgan fingerprint density at radius 2 is 1.55 bits per heavy atom. The molecule has 4 heteroatoms. The molecule has 0 spiro atoms. The molecule has 0 aliphatic rings. The predicted molar refractivity (Wildman–Crippen MR) is 90.0 cm³/mol. The third-order valence-corrected chi connectivity index (χ3v) is 6.72. The van der Waals surface area contributed by atoms with Gasteiger partial charge in [-0.2, -0.15) is 0 Å². The quantitative estimate of drug-likeness (QED) is 0.629. The van der Waals surface area contributed by atoms with Crippen molar-refractivity contribution in [1.82, 2.24) is 0 Å². The molecule has 1 unspecified atom stereocenters. The minimum Gasteiger partial charge on any atom is -0.415 e. The summed E-state index contributed by atoms with van der Waals surface area (Å²) < 4.78 is 5.83. The molecule has 1 aromatic rings. The molecule has 0 heterocycles. The zero-order valence-electron chi connectivity index (χ0n) is 13.6. The van der Waals surface area contributed by atoms with Crippen molar-refractivity contribution >= 4 is 27.4 Å². The maximum atomic E-state index is 12.8. The van der Waals surface area contributed by atoms with Crippen LogP contribution in [0, 0.1) is 10.8 Å². The Hall–Kier alpha value is -0.583. The van der Waals surface area contributed by atoms with E-state index in [1.807, 2.05) is 37.3 Å². The first-order valence-electron chi connectivity index (χ1n) is 6.89. The third-order valence-electron chi connectivity index (χ3n) is 4.82. The van der Waals surface area contributed by atoms with Gasteiger partial charge in [-0.3, -0.25) is 4.79 Å². The highest BCUT2D eigenvalue weighted by Gasteiger charge is 2.53. The molecule has 112 valence electrons. The minimum absolute atomic E-state index is 0.0287. The number of carbonyl (C=O) groups is 1. The summed E-state index contributed by atoms with van der Waals surface area (Å²) in [6.45, 7) is 12.6. The standard InChI is InChI=1S/C16H26O2SSi/c1-14(2,3)15(4,5)16(6,18-20)13(17)19-12-10-8-7-9-11-12/h7-11H,1-6,20H3. The molecule has 0 bridgehead atoms. The Kier molecular flexibility index (Phi) is 5.27. The maximum Gasteiger partial charge on any atom is 0.224 e. The highest BCUT2D eigenvalue weighted by Crippen LogP contribution is 2.50. The number of thioether (sulfide) groups is 1. The van der Waals surface area contributed by atoms with E-state index in [2.05, 4.69) is 34.6 Å². The molecule has 0 aromatic heterocycles. The first-order chi connectivity index (χ1) is 9.06. The van der Waals surface area contributed by atoms with Crippen LogP contribution in [0.1, 0.15) is 41.5 Å². The van der Waals surface area contributed by atoms with Crippen LogP contribution in [0.4, 0.5) is 0 Å². The molecule has 2 nitrogen and oxygen atoms in total. The molecule has 0 saturated heterocycles. The van der Waals surface area contributed by atoms with Crippen LogP contribution >= 0.6 is 11.8 Å². The number of hydrogen-bond donors (Lipinski definition) is 0. The van der Waals surface area contributed by atoms with Crippen molar-refractivity contribution < 1.29 is 9.22 Å². The highest BCUT2D eigenvalue weighted by atomic mass is 32.2. The molecule has 1 rings (SSSR count). The van der Waals surface area contributed by atoms with E-state index in [9.17, 15) is 4.79 Å². The average molecular weight is 311 g/mol. The molecule has 0 radical (unpaired) electrons. The van der Waals surface area contributed by atoms with E-state index in [0.717, 1.165) is 4.90 Å². The zero-order chi connectivity index (χ0) is 15.6. The molecule has 20 heavy (non-hydrogen) atoms. The van der Waals surface area contributed by atoms with Gasteiger partial charge in [0.1, 0.15) is 16.1 Å². The van der Waals surface area contributed by atoms with Crippen molar-refractivity contribution in [3.05, 3.63) is 30.3 Å². The average Bonchev–Trinajstić information content (AvgIpc) is 2.37. The summed E-state index contributed by atoms with van der Waals surface area (Å²) in [7, 11) is 0.542. The van der Waals surface area contributed by atoms with Crippen LogP contribution in [-0.4, -0.2) is 21.2 Å². The summed E-state index contributed by atoms with van der Waals surface area (Å²) in [5.74, 6) is 0. The van der Waals surface area contributed by atoms with Crippen LogP contribution in [0.3, 0.4) is 0 Å². The summed E-state index contributed by atoms with van der Waals surface area (Å²) in [5.41, 5.74) is -1.07. The van der Waals surface area contributed by atoms with Gasteiger partial charge in [0.15, 0.2) is 0 Å². The summed E-state index contributed by atoms with van der Waals surface area (Å²) in [6.07, 6.45) is 0. The maximum absolute atomic E-state index is 12.8. The van der Waals surface area contributed by atoms with Gasteiger partial charge in [0.2, 0.25) is 5.12 Å². The number of rotatable bonds is 4. The van der Waals surface area contributed by atoms with E-state index >= 15 is 0 Å². The van der Waals surface area contributed by atoms with Gasteiger partial charge in [0.25, 0.3) is 0 Å². The number of hydrogen-bond acceptors (Lipinski definition) is 3. The molecule has 1 aromatic carbocycles.